The highest BCUT2D eigenvalue weighted by molar-refractivity contribution is 5.74. The van der Waals surface area contributed by atoms with Gasteiger partial charge in [0.05, 0.1) is 22.9 Å². The molecule has 3 heterocycles. The molecule has 5 rings (SSSR count). The average molecular weight is 404 g/mol. The first-order valence-electron chi connectivity index (χ1n) is 10.7. The molecule has 2 atom stereocenters. The van der Waals surface area contributed by atoms with Crippen molar-refractivity contribution in [2.75, 3.05) is 29.9 Å². The van der Waals surface area contributed by atoms with Gasteiger partial charge in [-0.15, -0.1) is 5.10 Å². The fraction of sp³-hybridized carbons (Fsp3) is 0.478. The molecule has 2 N–H and O–H groups in total. The van der Waals surface area contributed by atoms with E-state index in [1.54, 1.807) is 18.6 Å². The summed E-state index contributed by atoms with van der Waals surface area (Å²) in [6, 6.07) is 8.24. The summed E-state index contributed by atoms with van der Waals surface area (Å²) in [6.07, 6.45) is 6.47. The number of piperazine rings is 1. The van der Waals surface area contributed by atoms with Crippen molar-refractivity contribution in [3.8, 4) is 0 Å². The predicted octanol–water partition coefficient (Wildman–Crippen LogP) is 3.25. The fourth-order valence-corrected chi connectivity index (χ4v) is 4.94. The lowest BCUT2D eigenvalue weighted by Gasteiger charge is -2.38. The maximum atomic E-state index is 4.42. The summed E-state index contributed by atoms with van der Waals surface area (Å²) < 4.78 is 0. The van der Waals surface area contributed by atoms with Gasteiger partial charge in [-0.2, -0.15) is 5.10 Å². The monoisotopic (exact) mass is 403 g/mol. The smallest absolute Gasteiger partial charge is 0.172 e. The Morgan fingerprint density at radius 2 is 1.97 bits per heavy atom. The molecule has 7 heteroatoms. The van der Waals surface area contributed by atoms with Gasteiger partial charge in [-0.05, 0) is 41.5 Å². The second-order valence-corrected chi connectivity index (χ2v) is 9.63. The largest absolute Gasteiger partial charge is 0.365 e. The van der Waals surface area contributed by atoms with Crippen molar-refractivity contribution in [3.05, 3.63) is 48.4 Å². The molecule has 1 aromatic carbocycles. The molecule has 0 radical (unpaired) electrons. The summed E-state index contributed by atoms with van der Waals surface area (Å²) in [7, 11) is 0. The van der Waals surface area contributed by atoms with Crippen LogP contribution in [0.4, 0.5) is 11.5 Å². The Hall–Kier alpha value is -2.80. The summed E-state index contributed by atoms with van der Waals surface area (Å²) in [5.74, 6) is 1.54. The van der Waals surface area contributed by atoms with Crippen molar-refractivity contribution < 1.29 is 0 Å². The van der Waals surface area contributed by atoms with E-state index in [0.29, 0.717) is 17.9 Å². The van der Waals surface area contributed by atoms with E-state index in [-0.39, 0.29) is 5.54 Å². The van der Waals surface area contributed by atoms with E-state index in [2.05, 4.69) is 74.7 Å². The number of hydrogen-bond acceptors (Lipinski definition) is 7. The first-order valence-corrected chi connectivity index (χ1v) is 10.7. The number of nitrogens with one attached hydrogen (secondary N) is 2. The van der Waals surface area contributed by atoms with Crippen LogP contribution in [0.3, 0.4) is 0 Å². The second-order valence-electron chi connectivity index (χ2n) is 9.63. The highest BCUT2D eigenvalue weighted by Crippen LogP contribution is 2.55. The molecule has 3 aromatic rings. The van der Waals surface area contributed by atoms with Gasteiger partial charge in [0.15, 0.2) is 5.82 Å². The lowest BCUT2D eigenvalue weighted by Crippen LogP contribution is -2.54. The van der Waals surface area contributed by atoms with E-state index in [1.165, 1.54) is 6.42 Å². The first-order chi connectivity index (χ1) is 14.4. The Kier molecular flexibility index (Phi) is 4.58. The van der Waals surface area contributed by atoms with E-state index in [1.807, 2.05) is 6.07 Å². The topological polar surface area (TPSA) is 78.9 Å². The van der Waals surface area contributed by atoms with Crippen LogP contribution in [0.15, 0.2) is 42.9 Å². The third-order valence-corrected chi connectivity index (χ3v) is 6.49. The Bertz CT molecular complexity index is 1060. The Labute approximate surface area is 177 Å². The van der Waals surface area contributed by atoms with Crippen LogP contribution in [-0.2, 0) is 6.54 Å². The molecule has 1 spiro atoms. The van der Waals surface area contributed by atoms with Gasteiger partial charge >= 0.3 is 0 Å². The molecule has 0 bridgehead atoms. The predicted molar refractivity (Wildman–Crippen MR) is 119 cm³/mol. The zero-order valence-corrected chi connectivity index (χ0v) is 17.9. The molecule has 1 aliphatic heterocycles. The molecule has 7 nitrogen and oxygen atoms in total. The van der Waals surface area contributed by atoms with Crippen LogP contribution < -0.4 is 15.5 Å². The van der Waals surface area contributed by atoms with Crippen molar-refractivity contribution in [1.29, 1.82) is 0 Å². The lowest BCUT2D eigenvalue weighted by atomic mass is 9.86. The van der Waals surface area contributed by atoms with Crippen LogP contribution in [0.2, 0.25) is 0 Å². The van der Waals surface area contributed by atoms with Crippen LogP contribution in [0.25, 0.3) is 11.0 Å². The lowest BCUT2D eigenvalue weighted by molar-refractivity contribution is 0.282. The molecule has 1 saturated carbocycles. The number of rotatable bonds is 4. The molecular formula is C23H29N7. The quantitative estimate of drug-likeness (QED) is 0.692. The number of aromatic nitrogens is 4. The van der Waals surface area contributed by atoms with Gasteiger partial charge in [0.2, 0.25) is 0 Å². The molecule has 2 fully saturated rings. The van der Waals surface area contributed by atoms with Crippen molar-refractivity contribution in [3.63, 3.8) is 0 Å². The van der Waals surface area contributed by atoms with Crippen LogP contribution in [0.5, 0.6) is 0 Å². The van der Waals surface area contributed by atoms with Gasteiger partial charge in [-0.25, -0.2) is 0 Å². The molecular weight excluding hydrogens is 374 g/mol. The maximum Gasteiger partial charge on any atom is 0.172 e. The van der Waals surface area contributed by atoms with Crippen molar-refractivity contribution in [2.24, 2.45) is 11.3 Å². The Balaban J connectivity index is 1.33. The molecule has 1 saturated heterocycles. The summed E-state index contributed by atoms with van der Waals surface area (Å²) in [6.45, 7) is 10.7. The third kappa shape index (κ3) is 3.58. The number of fused-ring (bicyclic) bond motifs is 1. The molecule has 30 heavy (non-hydrogen) atoms. The minimum Gasteiger partial charge on any atom is -0.365 e. The summed E-state index contributed by atoms with van der Waals surface area (Å²) in [5, 5.41) is 15.9. The van der Waals surface area contributed by atoms with Gasteiger partial charge in [-0.3, -0.25) is 9.97 Å². The number of hydrogen-bond donors (Lipinski definition) is 2. The van der Waals surface area contributed by atoms with E-state index < -0.39 is 0 Å². The SMILES string of the molecule is CC(C)(C)C1CC12CN(c1ccnnc1NCc1ccc3nccnc3c1)CCN2. The van der Waals surface area contributed by atoms with Crippen LogP contribution in [0, 0.1) is 11.3 Å². The van der Waals surface area contributed by atoms with Crippen molar-refractivity contribution in [2.45, 2.75) is 39.3 Å². The minimum absolute atomic E-state index is 0.230. The van der Waals surface area contributed by atoms with E-state index in [4.69, 9.17) is 0 Å². The van der Waals surface area contributed by atoms with Gasteiger partial charge in [0.25, 0.3) is 0 Å². The van der Waals surface area contributed by atoms with Crippen molar-refractivity contribution in [1.82, 2.24) is 25.5 Å². The van der Waals surface area contributed by atoms with Gasteiger partial charge in [0.1, 0.15) is 0 Å². The van der Waals surface area contributed by atoms with Crippen molar-refractivity contribution >= 4 is 22.5 Å². The Morgan fingerprint density at radius 3 is 2.77 bits per heavy atom. The standard InChI is InChI=1S/C23H29N7/c1-22(2,3)20-13-23(20)15-30(11-10-27-23)19-6-7-28-29-21(19)26-14-16-4-5-17-18(12-16)25-9-8-24-17/h4-9,12,20,27H,10-11,13-15H2,1-3H3,(H,26,29). The molecule has 1 aliphatic carbocycles. The van der Waals surface area contributed by atoms with Crippen LogP contribution in [0.1, 0.15) is 32.8 Å². The summed E-state index contributed by atoms with van der Waals surface area (Å²) >= 11 is 0. The van der Waals surface area contributed by atoms with Crippen LogP contribution in [-0.4, -0.2) is 45.3 Å². The minimum atomic E-state index is 0.230. The number of nitrogens with zero attached hydrogens (tertiary/aromatic N) is 5. The third-order valence-electron chi connectivity index (χ3n) is 6.49. The number of anilines is 2. The fourth-order valence-electron chi connectivity index (χ4n) is 4.94. The average Bonchev–Trinajstić information content (AvgIpc) is 3.45. The normalized spacial score (nSPS) is 23.7. The van der Waals surface area contributed by atoms with E-state index in [9.17, 15) is 0 Å². The zero-order chi connectivity index (χ0) is 20.8. The van der Waals surface area contributed by atoms with Crippen LogP contribution >= 0.6 is 0 Å². The molecule has 2 aliphatic rings. The highest BCUT2D eigenvalue weighted by Gasteiger charge is 2.60. The van der Waals surface area contributed by atoms with E-state index in [0.717, 1.165) is 47.7 Å². The van der Waals surface area contributed by atoms with Gasteiger partial charge in [-0.1, -0.05) is 26.8 Å². The molecule has 2 aromatic heterocycles. The molecule has 156 valence electrons. The maximum absolute atomic E-state index is 4.42. The highest BCUT2D eigenvalue weighted by atomic mass is 15.3. The van der Waals surface area contributed by atoms with Gasteiger partial charge < -0.3 is 15.5 Å². The zero-order valence-electron chi connectivity index (χ0n) is 17.9. The Morgan fingerprint density at radius 1 is 1.13 bits per heavy atom. The van der Waals surface area contributed by atoms with Gasteiger partial charge in [0, 0.05) is 44.1 Å². The second kappa shape index (κ2) is 7.16. The molecule has 2 unspecified atom stereocenters. The number of benzene rings is 1. The first kappa shape index (κ1) is 19.2. The van der Waals surface area contributed by atoms with E-state index >= 15 is 0 Å². The molecule has 0 amide bonds. The summed E-state index contributed by atoms with van der Waals surface area (Å²) in [4.78, 5) is 11.2. The summed E-state index contributed by atoms with van der Waals surface area (Å²) in [5.41, 5.74) is 4.64.